The van der Waals surface area contributed by atoms with Gasteiger partial charge in [-0.2, -0.15) is 0 Å². The van der Waals surface area contributed by atoms with E-state index in [1.54, 1.807) is 24.5 Å². The van der Waals surface area contributed by atoms with E-state index in [0.29, 0.717) is 5.75 Å². The maximum atomic E-state index is 12.5. The molecule has 1 aromatic carbocycles. The van der Waals surface area contributed by atoms with Gasteiger partial charge in [0.15, 0.2) is 0 Å². The number of methoxy groups -OCH3 is 1. The first kappa shape index (κ1) is 20.0. The van der Waals surface area contributed by atoms with Crippen molar-refractivity contribution >= 4 is 33.2 Å². The molecule has 0 aliphatic heterocycles. The number of carbonyl (C=O) groups is 1. The van der Waals surface area contributed by atoms with Crippen molar-refractivity contribution in [1.82, 2.24) is 10.3 Å². The smallest absolute Gasteiger partial charge is 0.243 e. The Morgan fingerprint density at radius 1 is 1.38 bits per heavy atom. The number of ether oxygens (including phenoxy) is 1. The van der Waals surface area contributed by atoms with E-state index in [2.05, 4.69) is 10.3 Å². The number of nitrogens with one attached hydrogen (secondary N) is 1. The standard InChI is InChI=1S/C17H20ClN3O4S/c1-12(17(22)20-11-13-5-4-8-19-10-13)21(26(3,23)24)14-6-7-16(25-2)15(18)9-14/h4-10,12H,11H2,1-3H3,(H,20,22)/t12-/m0/s1. The Kier molecular flexibility index (Phi) is 6.44. The van der Waals surface area contributed by atoms with Crippen LogP contribution in [0.5, 0.6) is 5.75 Å². The molecule has 7 nitrogen and oxygen atoms in total. The van der Waals surface area contributed by atoms with Crippen LogP contribution in [-0.4, -0.2) is 38.7 Å². The van der Waals surface area contributed by atoms with Gasteiger partial charge in [-0.3, -0.25) is 14.1 Å². The molecular weight excluding hydrogens is 378 g/mol. The molecule has 2 aromatic rings. The van der Waals surface area contributed by atoms with E-state index >= 15 is 0 Å². The summed E-state index contributed by atoms with van der Waals surface area (Å²) in [5.74, 6) is -0.0243. The van der Waals surface area contributed by atoms with Crippen LogP contribution in [0.25, 0.3) is 0 Å². The molecule has 0 fully saturated rings. The number of hydrogen-bond donors (Lipinski definition) is 1. The number of halogens is 1. The van der Waals surface area contributed by atoms with Gasteiger partial charge in [-0.05, 0) is 36.8 Å². The van der Waals surface area contributed by atoms with E-state index in [9.17, 15) is 13.2 Å². The van der Waals surface area contributed by atoms with Crippen LogP contribution in [-0.2, 0) is 21.4 Å². The zero-order chi connectivity index (χ0) is 19.3. The molecule has 1 aromatic heterocycles. The fourth-order valence-corrected chi connectivity index (χ4v) is 3.86. The minimum Gasteiger partial charge on any atom is -0.495 e. The Hall–Kier alpha value is -2.32. The Balaban J connectivity index is 2.23. The van der Waals surface area contributed by atoms with Crippen molar-refractivity contribution in [3.8, 4) is 5.75 Å². The molecule has 0 aliphatic carbocycles. The summed E-state index contributed by atoms with van der Waals surface area (Å²) >= 11 is 6.10. The lowest BCUT2D eigenvalue weighted by Crippen LogP contribution is -2.47. The van der Waals surface area contributed by atoms with Crippen LogP contribution in [0.15, 0.2) is 42.7 Å². The molecule has 140 valence electrons. The van der Waals surface area contributed by atoms with Crippen molar-refractivity contribution in [3.63, 3.8) is 0 Å². The van der Waals surface area contributed by atoms with Gasteiger partial charge in [0.05, 0.1) is 24.1 Å². The molecule has 26 heavy (non-hydrogen) atoms. The lowest BCUT2D eigenvalue weighted by atomic mass is 10.2. The third-order valence-electron chi connectivity index (χ3n) is 3.67. The van der Waals surface area contributed by atoms with Gasteiger partial charge in [0.25, 0.3) is 0 Å². The fourth-order valence-electron chi connectivity index (χ4n) is 2.44. The number of anilines is 1. The molecule has 0 saturated heterocycles. The number of hydrogen-bond acceptors (Lipinski definition) is 5. The fraction of sp³-hybridized carbons (Fsp3) is 0.294. The first-order valence-corrected chi connectivity index (χ1v) is 9.96. The van der Waals surface area contributed by atoms with Crippen molar-refractivity contribution in [2.75, 3.05) is 17.7 Å². The Bertz CT molecular complexity index is 875. The number of amides is 1. The summed E-state index contributed by atoms with van der Waals surface area (Å²) < 4.78 is 30.7. The Labute approximate surface area is 158 Å². The van der Waals surface area contributed by atoms with E-state index in [0.717, 1.165) is 16.1 Å². The zero-order valence-corrected chi connectivity index (χ0v) is 16.2. The largest absolute Gasteiger partial charge is 0.495 e. The molecule has 1 amide bonds. The average Bonchev–Trinajstić information content (AvgIpc) is 2.59. The molecule has 0 saturated carbocycles. The predicted molar refractivity (Wildman–Crippen MR) is 101 cm³/mol. The summed E-state index contributed by atoms with van der Waals surface area (Å²) in [5, 5.41) is 2.97. The highest BCUT2D eigenvalue weighted by atomic mass is 35.5. The first-order chi connectivity index (χ1) is 12.2. The first-order valence-electron chi connectivity index (χ1n) is 7.73. The van der Waals surface area contributed by atoms with Crippen LogP contribution < -0.4 is 14.4 Å². The van der Waals surface area contributed by atoms with Crippen LogP contribution in [0.4, 0.5) is 5.69 Å². The Morgan fingerprint density at radius 3 is 2.65 bits per heavy atom. The van der Waals surface area contributed by atoms with E-state index in [1.165, 1.54) is 26.2 Å². The number of aromatic nitrogens is 1. The summed E-state index contributed by atoms with van der Waals surface area (Å²) in [6.45, 7) is 1.76. The van der Waals surface area contributed by atoms with Crippen molar-refractivity contribution in [1.29, 1.82) is 0 Å². The van der Waals surface area contributed by atoms with E-state index < -0.39 is 22.0 Å². The molecule has 9 heteroatoms. The van der Waals surface area contributed by atoms with Gasteiger partial charge < -0.3 is 10.1 Å². The summed E-state index contributed by atoms with van der Waals surface area (Å²) in [5.41, 5.74) is 1.09. The lowest BCUT2D eigenvalue weighted by molar-refractivity contribution is -0.122. The van der Waals surface area contributed by atoms with Crippen LogP contribution in [0.1, 0.15) is 12.5 Å². The second-order valence-electron chi connectivity index (χ2n) is 5.63. The molecular formula is C17H20ClN3O4S. The highest BCUT2D eigenvalue weighted by Crippen LogP contribution is 2.31. The van der Waals surface area contributed by atoms with Crippen molar-refractivity contribution in [2.24, 2.45) is 0 Å². The highest BCUT2D eigenvalue weighted by Gasteiger charge is 2.29. The van der Waals surface area contributed by atoms with Crippen LogP contribution >= 0.6 is 11.6 Å². The van der Waals surface area contributed by atoms with Gasteiger partial charge in [0.1, 0.15) is 11.8 Å². The number of benzene rings is 1. The molecule has 1 N–H and O–H groups in total. The van der Waals surface area contributed by atoms with Crippen LogP contribution in [0, 0.1) is 0 Å². The molecule has 1 atom stereocenters. The molecule has 2 rings (SSSR count). The maximum absolute atomic E-state index is 12.5. The zero-order valence-electron chi connectivity index (χ0n) is 14.6. The third-order valence-corrected chi connectivity index (χ3v) is 5.20. The van der Waals surface area contributed by atoms with Gasteiger partial charge in [-0.25, -0.2) is 8.42 Å². The number of nitrogens with zero attached hydrogens (tertiary/aromatic N) is 2. The second-order valence-corrected chi connectivity index (χ2v) is 7.90. The Morgan fingerprint density at radius 2 is 2.12 bits per heavy atom. The van der Waals surface area contributed by atoms with Gasteiger partial charge in [-0.1, -0.05) is 17.7 Å². The summed E-state index contributed by atoms with van der Waals surface area (Å²) in [4.78, 5) is 16.5. The summed E-state index contributed by atoms with van der Waals surface area (Å²) in [7, 11) is -2.26. The van der Waals surface area contributed by atoms with Gasteiger partial charge >= 0.3 is 0 Å². The number of rotatable bonds is 7. The van der Waals surface area contributed by atoms with E-state index in [-0.39, 0.29) is 17.3 Å². The normalized spacial score (nSPS) is 12.3. The van der Waals surface area contributed by atoms with Gasteiger partial charge in [-0.15, -0.1) is 0 Å². The SMILES string of the molecule is COc1ccc(N([C@@H](C)C(=O)NCc2cccnc2)S(C)(=O)=O)cc1Cl. The maximum Gasteiger partial charge on any atom is 0.243 e. The van der Waals surface area contributed by atoms with Crippen molar-refractivity contribution in [3.05, 3.63) is 53.3 Å². The summed E-state index contributed by atoms with van der Waals surface area (Å²) in [6, 6.07) is 7.15. The van der Waals surface area contributed by atoms with Crippen molar-refractivity contribution in [2.45, 2.75) is 19.5 Å². The molecule has 0 spiro atoms. The van der Waals surface area contributed by atoms with Crippen LogP contribution in [0.2, 0.25) is 5.02 Å². The molecule has 0 radical (unpaired) electrons. The minimum absolute atomic E-state index is 0.248. The monoisotopic (exact) mass is 397 g/mol. The summed E-state index contributed by atoms with van der Waals surface area (Å²) in [6.07, 6.45) is 4.30. The number of pyridine rings is 1. The molecule has 0 bridgehead atoms. The quantitative estimate of drug-likeness (QED) is 0.773. The molecule has 1 heterocycles. The lowest BCUT2D eigenvalue weighted by Gasteiger charge is -2.28. The van der Waals surface area contributed by atoms with E-state index in [1.807, 2.05) is 6.07 Å². The number of sulfonamides is 1. The van der Waals surface area contributed by atoms with E-state index in [4.69, 9.17) is 16.3 Å². The highest BCUT2D eigenvalue weighted by molar-refractivity contribution is 7.92. The average molecular weight is 398 g/mol. The second kappa shape index (κ2) is 8.37. The predicted octanol–water partition coefficient (Wildman–Crippen LogP) is 2.21. The van der Waals surface area contributed by atoms with Gasteiger partial charge in [0.2, 0.25) is 15.9 Å². The van der Waals surface area contributed by atoms with Crippen LogP contribution in [0.3, 0.4) is 0 Å². The third kappa shape index (κ3) is 4.86. The molecule has 0 unspecified atom stereocenters. The topological polar surface area (TPSA) is 88.6 Å². The minimum atomic E-state index is -3.72. The van der Waals surface area contributed by atoms with Gasteiger partial charge in [0, 0.05) is 18.9 Å². The van der Waals surface area contributed by atoms with Crippen molar-refractivity contribution < 1.29 is 17.9 Å². The molecule has 0 aliphatic rings. The number of carbonyl (C=O) groups excluding carboxylic acids is 1.